The average molecular weight is 317 g/mol. The van der Waals surface area contributed by atoms with Crippen LogP contribution in [-0.2, 0) is 4.79 Å². The molecule has 0 unspecified atom stereocenters. The Balaban J connectivity index is 2.02. The van der Waals surface area contributed by atoms with Crippen LogP contribution in [0.25, 0.3) is 0 Å². The molecule has 0 aliphatic heterocycles. The molecule has 0 aliphatic rings. The molecular formula is C17H17ClN2O2. The first-order valence-corrected chi connectivity index (χ1v) is 7.31. The Morgan fingerprint density at radius 3 is 2.09 bits per heavy atom. The van der Waals surface area contributed by atoms with Gasteiger partial charge in [0.25, 0.3) is 5.91 Å². The predicted octanol–water partition coefficient (Wildman–Crippen LogP) is 4.19. The summed E-state index contributed by atoms with van der Waals surface area (Å²) < 4.78 is 0. The van der Waals surface area contributed by atoms with Crippen LogP contribution < -0.4 is 10.6 Å². The van der Waals surface area contributed by atoms with E-state index in [1.165, 1.54) is 0 Å². The Morgan fingerprint density at radius 2 is 1.55 bits per heavy atom. The van der Waals surface area contributed by atoms with E-state index in [4.69, 9.17) is 11.6 Å². The van der Waals surface area contributed by atoms with Gasteiger partial charge >= 0.3 is 0 Å². The summed E-state index contributed by atoms with van der Waals surface area (Å²) in [6.45, 7) is 3.66. The lowest BCUT2D eigenvalue weighted by atomic mass is 10.2. The van der Waals surface area contributed by atoms with Gasteiger partial charge in [0.1, 0.15) is 0 Å². The van der Waals surface area contributed by atoms with E-state index in [1.54, 1.807) is 48.5 Å². The first-order valence-electron chi connectivity index (χ1n) is 6.93. The van der Waals surface area contributed by atoms with Gasteiger partial charge in [-0.15, -0.1) is 0 Å². The first kappa shape index (κ1) is 16.0. The minimum atomic E-state index is -0.235. The third-order valence-corrected chi connectivity index (χ3v) is 3.26. The zero-order valence-electron chi connectivity index (χ0n) is 12.4. The van der Waals surface area contributed by atoms with Crippen LogP contribution in [0.5, 0.6) is 0 Å². The highest BCUT2D eigenvalue weighted by Crippen LogP contribution is 2.16. The van der Waals surface area contributed by atoms with Crippen molar-refractivity contribution < 1.29 is 9.59 Å². The summed E-state index contributed by atoms with van der Waals surface area (Å²) in [5.74, 6) is -0.362. The molecule has 0 bridgehead atoms. The van der Waals surface area contributed by atoms with Crippen LogP contribution in [0.1, 0.15) is 24.2 Å². The number of anilines is 2. The Hall–Kier alpha value is -2.33. The maximum atomic E-state index is 12.1. The van der Waals surface area contributed by atoms with E-state index in [0.29, 0.717) is 22.0 Å². The third kappa shape index (κ3) is 4.33. The van der Waals surface area contributed by atoms with Crippen molar-refractivity contribution in [2.45, 2.75) is 13.8 Å². The number of hydrogen-bond donors (Lipinski definition) is 2. The molecule has 2 aromatic rings. The number of carbonyl (C=O) groups is 2. The Morgan fingerprint density at radius 1 is 0.955 bits per heavy atom. The maximum Gasteiger partial charge on any atom is 0.255 e. The molecule has 0 heterocycles. The molecule has 0 spiro atoms. The molecule has 0 fully saturated rings. The summed E-state index contributed by atoms with van der Waals surface area (Å²) in [5.41, 5.74) is 1.83. The third-order valence-electron chi connectivity index (χ3n) is 3.02. The van der Waals surface area contributed by atoms with Crippen LogP contribution in [-0.4, -0.2) is 11.8 Å². The number of carbonyl (C=O) groups excluding carboxylic acids is 2. The van der Waals surface area contributed by atoms with Crippen LogP contribution in [0.2, 0.25) is 5.02 Å². The number of benzene rings is 2. The number of hydrogen-bond acceptors (Lipinski definition) is 2. The second-order valence-corrected chi connectivity index (χ2v) is 5.62. The summed E-state index contributed by atoms with van der Waals surface area (Å²) in [6, 6.07) is 13.7. The maximum absolute atomic E-state index is 12.1. The fourth-order valence-corrected chi connectivity index (χ4v) is 1.95. The van der Waals surface area contributed by atoms with E-state index in [0.717, 1.165) is 0 Å². The van der Waals surface area contributed by atoms with Gasteiger partial charge in [-0.05, 0) is 42.5 Å². The minimum Gasteiger partial charge on any atom is -0.326 e. The van der Waals surface area contributed by atoms with Crippen LogP contribution in [0.3, 0.4) is 0 Å². The zero-order valence-corrected chi connectivity index (χ0v) is 13.1. The topological polar surface area (TPSA) is 58.2 Å². The molecular weight excluding hydrogens is 300 g/mol. The highest BCUT2D eigenvalue weighted by atomic mass is 35.5. The smallest absolute Gasteiger partial charge is 0.255 e. The number of halogens is 1. The van der Waals surface area contributed by atoms with Crippen molar-refractivity contribution in [3.8, 4) is 0 Å². The molecule has 114 valence electrons. The summed E-state index contributed by atoms with van der Waals surface area (Å²) in [6.07, 6.45) is 0. The minimum absolute atomic E-state index is 0.0456. The van der Waals surface area contributed by atoms with E-state index >= 15 is 0 Å². The molecule has 0 saturated carbocycles. The van der Waals surface area contributed by atoms with E-state index in [9.17, 15) is 9.59 Å². The fraction of sp³-hybridized carbons (Fsp3) is 0.176. The van der Waals surface area contributed by atoms with Gasteiger partial charge in [-0.2, -0.15) is 0 Å². The standard InChI is InChI=1S/C17H17ClN2O2/c1-11(2)16(21)19-14-6-8-15(9-7-14)20-17(22)12-4-3-5-13(18)10-12/h3-11H,1-2H3,(H,19,21)(H,20,22). The first-order chi connectivity index (χ1) is 10.5. The van der Waals surface area contributed by atoms with Crippen molar-refractivity contribution in [3.05, 3.63) is 59.1 Å². The monoisotopic (exact) mass is 316 g/mol. The molecule has 0 aromatic heterocycles. The lowest BCUT2D eigenvalue weighted by Crippen LogP contribution is -2.17. The van der Waals surface area contributed by atoms with E-state index in [2.05, 4.69) is 10.6 Å². The summed E-state index contributed by atoms with van der Waals surface area (Å²) in [4.78, 5) is 23.7. The second-order valence-electron chi connectivity index (χ2n) is 5.19. The normalized spacial score (nSPS) is 10.4. The van der Waals surface area contributed by atoms with Crippen molar-refractivity contribution in [2.75, 3.05) is 10.6 Å². The lowest BCUT2D eigenvalue weighted by Gasteiger charge is -2.09. The summed E-state index contributed by atoms with van der Waals surface area (Å²) in [5, 5.41) is 6.08. The molecule has 4 nitrogen and oxygen atoms in total. The van der Waals surface area contributed by atoms with Gasteiger partial charge < -0.3 is 10.6 Å². The Labute approximate surface area is 134 Å². The van der Waals surface area contributed by atoms with Gasteiger partial charge in [-0.3, -0.25) is 9.59 Å². The van der Waals surface area contributed by atoms with E-state index in [1.807, 2.05) is 13.8 Å². The van der Waals surface area contributed by atoms with Crippen LogP contribution in [0, 0.1) is 5.92 Å². The van der Waals surface area contributed by atoms with Gasteiger partial charge in [-0.25, -0.2) is 0 Å². The van der Waals surface area contributed by atoms with Gasteiger partial charge in [0.15, 0.2) is 0 Å². The van der Waals surface area contributed by atoms with Gasteiger partial charge in [0.2, 0.25) is 5.91 Å². The van der Waals surface area contributed by atoms with E-state index < -0.39 is 0 Å². The average Bonchev–Trinajstić information content (AvgIpc) is 2.49. The van der Waals surface area contributed by atoms with Crippen LogP contribution in [0.15, 0.2) is 48.5 Å². The largest absolute Gasteiger partial charge is 0.326 e. The van der Waals surface area contributed by atoms with Crippen molar-refractivity contribution in [3.63, 3.8) is 0 Å². The van der Waals surface area contributed by atoms with Crippen molar-refractivity contribution >= 4 is 34.8 Å². The highest BCUT2D eigenvalue weighted by Gasteiger charge is 2.08. The molecule has 0 atom stereocenters. The fourth-order valence-electron chi connectivity index (χ4n) is 1.76. The number of nitrogens with one attached hydrogen (secondary N) is 2. The molecule has 0 aliphatic carbocycles. The van der Waals surface area contributed by atoms with Crippen molar-refractivity contribution in [1.29, 1.82) is 0 Å². The molecule has 2 rings (SSSR count). The molecule has 2 amide bonds. The van der Waals surface area contributed by atoms with Gasteiger partial charge in [-0.1, -0.05) is 31.5 Å². The molecule has 22 heavy (non-hydrogen) atoms. The molecule has 2 N–H and O–H groups in total. The predicted molar refractivity (Wildman–Crippen MR) is 89.3 cm³/mol. The Bertz CT molecular complexity index is 681. The van der Waals surface area contributed by atoms with Crippen LogP contribution >= 0.6 is 11.6 Å². The quantitative estimate of drug-likeness (QED) is 0.888. The van der Waals surface area contributed by atoms with Crippen molar-refractivity contribution in [1.82, 2.24) is 0 Å². The second kappa shape index (κ2) is 7.09. The summed E-state index contributed by atoms with van der Waals surface area (Å²) >= 11 is 5.87. The highest BCUT2D eigenvalue weighted by molar-refractivity contribution is 6.31. The van der Waals surface area contributed by atoms with Gasteiger partial charge in [0, 0.05) is 27.9 Å². The summed E-state index contributed by atoms with van der Waals surface area (Å²) in [7, 11) is 0. The number of rotatable bonds is 4. The Kier molecular flexibility index (Phi) is 5.17. The molecule has 5 heteroatoms. The zero-order chi connectivity index (χ0) is 16.1. The van der Waals surface area contributed by atoms with Crippen molar-refractivity contribution in [2.24, 2.45) is 5.92 Å². The van der Waals surface area contributed by atoms with Gasteiger partial charge in [0.05, 0.1) is 0 Å². The van der Waals surface area contributed by atoms with Crippen LogP contribution in [0.4, 0.5) is 11.4 Å². The lowest BCUT2D eigenvalue weighted by molar-refractivity contribution is -0.118. The van der Waals surface area contributed by atoms with E-state index in [-0.39, 0.29) is 17.7 Å². The molecule has 0 saturated heterocycles. The number of amides is 2. The molecule has 0 radical (unpaired) electrons. The SMILES string of the molecule is CC(C)C(=O)Nc1ccc(NC(=O)c2cccc(Cl)c2)cc1. The molecule has 2 aromatic carbocycles.